The predicted octanol–water partition coefficient (Wildman–Crippen LogP) is 3.33. The van der Waals surface area contributed by atoms with Crippen molar-refractivity contribution < 1.29 is 23.4 Å². The zero-order valence-corrected chi connectivity index (χ0v) is 10.5. The molecule has 0 aromatic heterocycles. The van der Waals surface area contributed by atoms with E-state index in [-0.39, 0.29) is 23.7 Å². The summed E-state index contributed by atoms with van der Waals surface area (Å²) in [7, 11) is 0. The zero-order valence-electron chi connectivity index (χ0n) is 10.5. The van der Waals surface area contributed by atoms with Crippen molar-refractivity contribution in [3.05, 3.63) is 29.3 Å². The lowest BCUT2D eigenvalue weighted by atomic mass is 10.0. The lowest BCUT2D eigenvalue weighted by Crippen LogP contribution is -2.26. The summed E-state index contributed by atoms with van der Waals surface area (Å²) in [4.78, 5) is 10.8. The molecule has 0 aliphatic carbocycles. The molecule has 1 unspecified atom stereocenters. The number of hydrogen-bond donors (Lipinski definition) is 1. The van der Waals surface area contributed by atoms with Gasteiger partial charge in [-0.1, -0.05) is 20.8 Å². The molecule has 3 nitrogen and oxygen atoms in total. The maximum absolute atomic E-state index is 14.0. The molecule has 18 heavy (non-hydrogen) atoms. The highest BCUT2D eigenvalue weighted by Crippen LogP contribution is 2.29. The number of carboxylic acid groups (broad SMARTS) is 1. The Hall–Kier alpha value is -1.65. The maximum Gasteiger partial charge on any atom is 0.344 e. The first kappa shape index (κ1) is 14.4. The van der Waals surface area contributed by atoms with Crippen LogP contribution in [-0.2, 0) is 4.79 Å². The molecule has 0 saturated heterocycles. The Balaban J connectivity index is 3.11. The van der Waals surface area contributed by atoms with Gasteiger partial charge in [-0.25, -0.2) is 13.6 Å². The number of aliphatic carboxylic acids is 1. The van der Waals surface area contributed by atoms with Crippen LogP contribution < -0.4 is 4.74 Å². The number of rotatable bonds is 5. The number of hydrogen-bond acceptors (Lipinski definition) is 2. The van der Waals surface area contributed by atoms with E-state index in [0.29, 0.717) is 0 Å². The third-order valence-electron chi connectivity index (χ3n) is 2.58. The third kappa shape index (κ3) is 2.97. The highest BCUT2D eigenvalue weighted by molar-refractivity contribution is 5.72. The Morgan fingerprint density at radius 1 is 1.39 bits per heavy atom. The van der Waals surface area contributed by atoms with Crippen LogP contribution in [0.5, 0.6) is 5.75 Å². The summed E-state index contributed by atoms with van der Waals surface area (Å²) in [6.07, 6.45) is -0.937. The van der Waals surface area contributed by atoms with Crippen LogP contribution >= 0.6 is 0 Å². The summed E-state index contributed by atoms with van der Waals surface area (Å²) >= 11 is 0. The molecular weight excluding hydrogens is 242 g/mol. The third-order valence-corrected chi connectivity index (χ3v) is 2.58. The Bertz CT molecular complexity index is 444. The van der Waals surface area contributed by atoms with Gasteiger partial charge in [-0.05, 0) is 24.5 Å². The zero-order chi connectivity index (χ0) is 13.9. The number of carboxylic acids is 1. The molecule has 0 heterocycles. The van der Waals surface area contributed by atoms with Crippen LogP contribution in [0.25, 0.3) is 0 Å². The van der Waals surface area contributed by atoms with E-state index < -0.39 is 23.7 Å². The average molecular weight is 258 g/mol. The van der Waals surface area contributed by atoms with Crippen LogP contribution in [0.15, 0.2) is 12.1 Å². The number of ether oxygens (including phenoxy) is 1. The summed E-state index contributed by atoms with van der Waals surface area (Å²) < 4.78 is 32.5. The number of halogens is 2. The SMILES string of the molecule is CCC(Oc1ccc(F)c(C(C)C)c1F)C(=O)O. The van der Waals surface area contributed by atoms with Gasteiger partial charge in [-0.3, -0.25) is 0 Å². The van der Waals surface area contributed by atoms with Crippen LogP contribution in [0, 0.1) is 11.6 Å². The fourth-order valence-corrected chi connectivity index (χ4v) is 1.63. The van der Waals surface area contributed by atoms with E-state index in [1.165, 1.54) is 0 Å². The van der Waals surface area contributed by atoms with Gasteiger partial charge in [0.1, 0.15) is 5.82 Å². The highest BCUT2D eigenvalue weighted by Gasteiger charge is 2.22. The largest absolute Gasteiger partial charge is 0.479 e. The standard InChI is InChI=1S/C13H16F2O3/c1-4-9(13(16)17)18-10-6-5-8(14)11(7(2)3)12(10)15/h5-7,9H,4H2,1-3H3,(H,16,17). The first-order valence-corrected chi connectivity index (χ1v) is 5.75. The van der Waals surface area contributed by atoms with Gasteiger partial charge in [0.15, 0.2) is 17.7 Å². The van der Waals surface area contributed by atoms with Crippen molar-refractivity contribution in [1.82, 2.24) is 0 Å². The average Bonchev–Trinajstić information content (AvgIpc) is 2.27. The molecule has 0 bridgehead atoms. The van der Waals surface area contributed by atoms with Crippen molar-refractivity contribution >= 4 is 5.97 Å². The van der Waals surface area contributed by atoms with Crippen LogP contribution in [0.4, 0.5) is 8.78 Å². The van der Waals surface area contributed by atoms with E-state index in [1.807, 2.05) is 0 Å². The van der Waals surface area contributed by atoms with E-state index in [9.17, 15) is 13.6 Å². The molecule has 1 atom stereocenters. The highest BCUT2D eigenvalue weighted by atomic mass is 19.1. The van der Waals surface area contributed by atoms with Crippen molar-refractivity contribution in [2.24, 2.45) is 0 Å². The molecule has 1 aromatic carbocycles. The Morgan fingerprint density at radius 2 is 2.00 bits per heavy atom. The van der Waals surface area contributed by atoms with Crippen LogP contribution in [0.3, 0.4) is 0 Å². The molecule has 0 radical (unpaired) electrons. The predicted molar refractivity (Wildman–Crippen MR) is 62.8 cm³/mol. The van der Waals surface area contributed by atoms with Gasteiger partial charge in [0, 0.05) is 5.56 Å². The number of benzene rings is 1. The van der Waals surface area contributed by atoms with Crippen molar-refractivity contribution in [3.8, 4) is 5.75 Å². The first-order valence-electron chi connectivity index (χ1n) is 5.75. The van der Waals surface area contributed by atoms with Gasteiger partial charge in [0.05, 0.1) is 0 Å². The molecule has 1 aromatic rings. The van der Waals surface area contributed by atoms with E-state index >= 15 is 0 Å². The number of carbonyl (C=O) groups is 1. The molecule has 0 amide bonds. The Labute approximate surface area is 104 Å². The van der Waals surface area contributed by atoms with Crippen molar-refractivity contribution in [2.45, 2.75) is 39.2 Å². The molecule has 0 spiro atoms. The Morgan fingerprint density at radius 3 is 2.44 bits per heavy atom. The van der Waals surface area contributed by atoms with Crippen LogP contribution in [-0.4, -0.2) is 17.2 Å². The van der Waals surface area contributed by atoms with Gasteiger partial charge >= 0.3 is 5.97 Å². The molecule has 0 aliphatic rings. The normalized spacial score (nSPS) is 12.6. The molecule has 0 fully saturated rings. The van der Waals surface area contributed by atoms with E-state index in [0.717, 1.165) is 12.1 Å². The molecule has 1 N–H and O–H groups in total. The van der Waals surface area contributed by atoms with Gasteiger partial charge in [0.2, 0.25) is 0 Å². The summed E-state index contributed by atoms with van der Waals surface area (Å²) in [5.41, 5.74) is -0.0901. The van der Waals surface area contributed by atoms with E-state index in [4.69, 9.17) is 9.84 Å². The van der Waals surface area contributed by atoms with E-state index in [2.05, 4.69) is 0 Å². The lowest BCUT2D eigenvalue weighted by Gasteiger charge is -2.16. The molecule has 0 saturated carbocycles. The van der Waals surface area contributed by atoms with Crippen LogP contribution in [0.2, 0.25) is 0 Å². The minimum atomic E-state index is -1.17. The first-order chi connectivity index (χ1) is 8.38. The topological polar surface area (TPSA) is 46.5 Å². The fourth-order valence-electron chi connectivity index (χ4n) is 1.63. The van der Waals surface area contributed by atoms with Gasteiger partial charge in [-0.2, -0.15) is 0 Å². The second kappa shape index (κ2) is 5.80. The summed E-state index contributed by atoms with van der Waals surface area (Å²) in [5, 5.41) is 8.84. The second-order valence-corrected chi connectivity index (χ2v) is 4.28. The van der Waals surface area contributed by atoms with Gasteiger partial charge < -0.3 is 9.84 Å². The molecule has 100 valence electrons. The minimum absolute atomic E-state index is 0.0901. The lowest BCUT2D eigenvalue weighted by molar-refractivity contribution is -0.145. The second-order valence-electron chi connectivity index (χ2n) is 4.28. The van der Waals surface area contributed by atoms with Crippen molar-refractivity contribution in [1.29, 1.82) is 0 Å². The smallest absolute Gasteiger partial charge is 0.344 e. The quantitative estimate of drug-likeness (QED) is 0.881. The monoisotopic (exact) mass is 258 g/mol. The maximum atomic E-state index is 14.0. The Kier molecular flexibility index (Phi) is 4.64. The summed E-state index contributed by atoms with van der Waals surface area (Å²) in [5.74, 6) is -3.23. The molecule has 5 heteroatoms. The van der Waals surface area contributed by atoms with Crippen molar-refractivity contribution in [3.63, 3.8) is 0 Å². The summed E-state index contributed by atoms with van der Waals surface area (Å²) in [6.45, 7) is 4.92. The fraction of sp³-hybridized carbons (Fsp3) is 0.462. The van der Waals surface area contributed by atoms with Crippen molar-refractivity contribution in [2.75, 3.05) is 0 Å². The van der Waals surface area contributed by atoms with Gasteiger partial charge in [0.25, 0.3) is 0 Å². The molecular formula is C13H16F2O3. The van der Waals surface area contributed by atoms with Crippen LogP contribution in [0.1, 0.15) is 38.7 Å². The minimum Gasteiger partial charge on any atom is -0.479 e. The van der Waals surface area contributed by atoms with Gasteiger partial charge in [-0.15, -0.1) is 0 Å². The summed E-state index contributed by atoms with van der Waals surface area (Å²) in [6, 6.07) is 2.20. The molecule has 0 aliphatic heterocycles. The van der Waals surface area contributed by atoms with E-state index in [1.54, 1.807) is 20.8 Å². The molecule has 1 rings (SSSR count).